The van der Waals surface area contributed by atoms with Crippen LogP contribution in [-0.4, -0.2) is 50.7 Å². The van der Waals surface area contributed by atoms with E-state index in [1.54, 1.807) is 23.5 Å². The number of carbonyl (C=O) groups excluding carboxylic acids is 2. The van der Waals surface area contributed by atoms with Gasteiger partial charge < -0.3 is 14.7 Å². The van der Waals surface area contributed by atoms with Crippen LogP contribution in [0.25, 0.3) is 22.1 Å². The van der Waals surface area contributed by atoms with Crippen molar-refractivity contribution in [3.8, 4) is 0 Å². The van der Waals surface area contributed by atoms with E-state index in [-0.39, 0.29) is 11.9 Å². The largest absolute Gasteiger partial charge is 0.452 e. The number of H-pyrrole nitrogens is 2. The minimum Gasteiger partial charge on any atom is -0.452 e. The number of ether oxygens (including phenoxy) is 1. The van der Waals surface area contributed by atoms with E-state index in [0.717, 1.165) is 50.1 Å². The maximum absolute atomic E-state index is 13.1. The highest BCUT2D eigenvalue weighted by atomic mass is 32.2. The van der Waals surface area contributed by atoms with Crippen molar-refractivity contribution in [1.82, 2.24) is 19.9 Å². The molecule has 2 heterocycles. The standard InChI is InChI=1S/C23H26N6O3S2/c1-4-10-33-14-6-8-16-18(12-14)25-20(24-16)28-22(30)29(23(31)32-3)21-26-17-9-7-15(34-11-5-2)13-19(17)27-21/h6-9,12-13H,4-5,10-11H2,1-3H3,(H,26,27)(H2,24,25,28,30). The van der Waals surface area contributed by atoms with E-state index in [9.17, 15) is 9.59 Å². The Labute approximate surface area is 205 Å². The molecule has 0 bridgehead atoms. The lowest BCUT2D eigenvalue weighted by Gasteiger charge is -2.16. The molecule has 0 spiro atoms. The predicted molar refractivity (Wildman–Crippen MR) is 138 cm³/mol. The summed E-state index contributed by atoms with van der Waals surface area (Å²) in [4.78, 5) is 43.5. The Kier molecular flexibility index (Phi) is 7.63. The first-order valence-corrected chi connectivity index (χ1v) is 12.9. The van der Waals surface area contributed by atoms with E-state index in [0.29, 0.717) is 11.0 Å². The quantitative estimate of drug-likeness (QED) is 0.246. The third-order valence-electron chi connectivity index (χ3n) is 4.84. The van der Waals surface area contributed by atoms with Crippen molar-refractivity contribution in [1.29, 1.82) is 0 Å². The lowest BCUT2D eigenvalue weighted by atomic mass is 10.3. The first kappa shape index (κ1) is 24.0. The highest BCUT2D eigenvalue weighted by Gasteiger charge is 2.28. The lowest BCUT2D eigenvalue weighted by Crippen LogP contribution is -2.41. The molecule has 2 aromatic heterocycles. The first-order chi connectivity index (χ1) is 16.5. The Bertz CT molecular complexity index is 1320. The van der Waals surface area contributed by atoms with Gasteiger partial charge in [0.05, 0.1) is 29.2 Å². The summed E-state index contributed by atoms with van der Waals surface area (Å²) in [5.74, 6) is 2.31. The van der Waals surface area contributed by atoms with Gasteiger partial charge in [-0.3, -0.25) is 5.32 Å². The molecule has 0 aliphatic rings. The van der Waals surface area contributed by atoms with Crippen LogP contribution in [-0.2, 0) is 4.74 Å². The molecule has 3 amide bonds. The number of nitrogens with one attached hydrogen (secondary N) is 3. The lowest BCUT2D eigenvalue weighted by molar-refractivity contribution is 0.178. The Morgan fingerprint density at radius 1 is 0.941 bits per heavy atom. The normalized spacial score (nSPS) is 11.1. The molecule has 4 aromatic rings. The van der Waals surface area contributed by atoms with Crippen LogP contribution in [0.15, 0.2) is 46.2 Å². The molecule has 4 rings (SSSR count). The van der Waals surface area contributed by atoms with Crippen LogP contribution in [0.2, 0.25) is 0 Å². The first-order valence-electron chi connectivity index (χ1n) is 11.0. The van der Waals surface area contributed by atoms with Gasteiger partial charge in [-0.25, -0.2) is 19.6 Å². The Morgan fingerprint density at radius 2 is 1.53 bits per heavy atom. The molecule has 0 unspecified atom stereocenters. The van der Waals surface area contributed by atoms with Crippen molar-refractivity contribution in [3.05, 3.63) is 36.4 Å². The molecule has 0 radical (unpaired) electrons. The summed E-state index contributed by atoms with van der Waals surface area (Å²) in [5, 5.41) is 2.64. The predicted octanol–water partition coefficient (Wildman–Crippen LogP) is 6.25. The summed E-state index contributed by atoms with van der Waals surface area (Å²) in [6, 6.07) is 10.9. The minimum atomic E-state index is -0.869. The van der Waals surface area contributed by atoms with Crippen molar-refractivity contribution in [3.63, 3.8) is 0 Å². The number of thioether (sulfide) groups is 2. The summed E-state index contributed by atoms with van der Waals surface area (Å²) < 4.78 is 4.84. The number of rotatable bonds is 8. The number of aromatic amines is 2. The van der Waals surface area contributed by atoms with Gasteiger partial charge in [-0.1, -0.05) is 13.8 Å². The SMILES string of the molecule is CCCSc1ccc2nc(NC(=O)N(C(=O)OC)c3nc4ccc(SCCC)cc4[nH]3)[nH]c2c1. The monoisotopic (exact) mass is 498 g/mol. The number of hydrogen-bond donors (Lipinski definition) is 3. The van der Waals surface area contributed by atoms with Crippen LogP contribution in [0.1, 0.15) is 26.7 Å². The molecule has 9 nitrogen and oxygen atoms in total. The van der Waals surface area contributed by atoms with Crippen LogP contribution in [0.4, 0.5) is 21.5 Å². The van der Waals surface area contributed by atoms with Gasteiger partial charge >= 0.3 is 12.1 Å². The molecule has 2 aromatic carbocycles. The molecular weight excluding hydrogens is 472 g/mol. The number of nitrogens with zero attached hydrogens (tertiary/aromatic N) is 3. The molecule has 0 aliphatic carbocycles. The Morgan fingerprint density at radius 3 is 2.12 bits per heavy atom. The maximum Gasteiger partial charge on any atom is 0.424 e. The van der Waals surface area contributed by atoms with E-state index in [2.05, 4.69) is 39.1 Å². The number of methoxy groups -OCH3 is 1. The second-order valence-electron chi connectivity index (χ2n) is 7.44. The number of hydrogen-bond acceptors (Lipinski definition) is 7. The Balaban J connectivity index is 1.58. The zero-order valence-electron chi connectivity index (χ0n) is 19.2. The average Bonchev–Trinajstić information content (AvgIpc) is 3.43. The molecule has 0 aliphatic heterocycles. The number of fused-ring (bicyclic) bond motifs is 2. The van der Waals surface area contributed by atoms with Crippen molar-refractivity contribution in [2.75, 3.05) is 28.8 Å². The molecule has 0 fully saturated rings. The molecule has 178 valence electrons. The van der Waals surface area contributed by atoms with Crippen LogP contribution >= 0.6 is 23.5 Å². The van der Waals surface area contributed by atoms with Crippen molar-refractivity contribution in [2.45, 2.75) is 36.5 Å². The highest BCUT2D eigenvalue weighted by Crippen LogP contribution is 2.26. The van der Waals surface area contributed by atoms with Crippen molar-refractivity contribution in [2.24, 2.45) is 0 Å². The fraction of sp³-hybridized carbons (Fsp3) is 0.304. The van der Waals surface area contributed by atoms with Gasteiger partial charge in [-0.05, 0) is 60.7 Å². The second kappa shape index (κ2) is 10.8. The highest BCUT2D eigenvalue weighted by molar-refractivity contribution is 7.99. The number of imide groups is 1. The Hall–Kier alpha value is -3.18. The van der Waals surface area contributed by atoms with E-state index in [1.807, 2.05) is 36.4 Å². The van der Waals surface area contributed by atoms with Crippen LogP contribution in [0.3, 0.4) is 0 Å². The van der Waals surface area contributed by atoms with E-state index >= 15 is 0 Å². The van der Waals surface area contributed by atoms with E-state index in [4.69, 9.17) is 4.74 Å². The summed E-state index contributed by atoms with van der Waals surface area (Å²) in [5.41, 5.74) is 2.86. The molecule has 34 heavy (non-hydrogen) atoms. The zero-order valence-corrected chi connectivity index (χ0v) is 20.8. The van der Waals surface area contributed by atoms with Crippen LogP contribution < -0.4 is 10.2 Å². The number of anilines is 2. The fourth-order valence-electron chi connectivity index (χ4n) is 3.26. The van der Waals surface area contributed by atoms with Gasteiger partial charge in [0.25, 0.3) is 0 Å². The summed E-state index contributed by atoms with van der Waals surface area (Å²) in [7, 11) is 1.21. The summed E-state index contributed by atoms with van der Waals surface area (Å²) in [6.45, 7) is 4.26. The third-order valence-corrected chi connectivity index (χ3v) is 7.24. The van der Waals surface area contributed by atoms with Gasteiger partial charge in [0.1, 0.15) is 0 Å². The third kappa shape index (κ3) is 5.31. The number of benzene rings is 2. The van der Waals surface area contributed by atoms with Gasteiger partial charge in [0.2, 0.25) is 11.9 Å². The molecule has 0 atom stereocenters. The van der Waals surface area contributed by atoms with E-state index in [1.165, 1.54) is 7.11 Å². The number of amides is 3. The van der Waals surface area contributed by atoms with Crippen molar-refractivity contribution < 1.29 is 14.3 Å². The second-order valence-corrected chi connectivity index (χ2v) is 9.77. The molecule has 11 heteroatoms. The minimum absolute atomic E-state index is 0.0614. The number of aromatic nitrogens is 4. The van der Waals surface area contributed by atoms with Gasteiger partial charge in [-0.2, -0.15) is 4.90 Å². The number of carbonyl (C=O) groups is 2. The zero-order chi connectivity index (χ0) is 24.1. The summed E-state index contributed by atoms with van der Waals surface area (Å²) >= 11 is 3.49. The molecule has 0 saturated carbocycles. The average molecular weight is 499 g/mol. The van der Waals surface area contributed by atoms with Crippen molar-refractivity contribution >= 4 is 69.6 Å². The van der Waals surface area contributed by atoms with Gasteiger partial charge in [0.15, 0.2) is 0 Å². The van der Waals surface area contributed by atoms with Gasteiger partial charge in [-0.15, -0.1) is 23.5 Å². The number of imidazole rings is 2. The van der Waals surface area contributed by atoms with Crippen LogP contribution in [0, 0.1) is 0 Å². The molecular formula is C23H26N6O3S2. The smallest absolute Gasteiger partial charge is 0.424 e. The number of urea groups is 1. The van der Waals surface area contributed by atoms with Crippen LogP contribution in [0.5, 0.6) is 0 Å². The summed E-state index contributed by atoms with van der Waals surface area (Å²) in [6.07, 6.45) is 1.27. The van der Waals surface area contributed by atoms with E-state index < -0.39 is 12.1 Å². The topological polar surface area (TPSA) is 116 Å². The molecule has 0 saturated heterocycles. The maximum atomic E-state index is 13.1. The van der Waals surface area contributed by atoms with Gasteiger partial charge in [0, 0.05) is 9.79 Å². The molecule has 3 N–H and O–H groups in total. The fourth-order valence-corrected chi connectivity index (χ4v) is 4.87.